The predicted molar refractivity (Wildman–Crippen MR) is 327 cm³/mol. The van der Waals surface area contributed by atoms with E-state index in [1.807, 2.05) is 98.6 Å². The number of nitrogens with zero attached hydrogens (tertiary/aromatic N) is 4. The molecular weight excluding hydrogens is 1030 g/mol. The Labute approximate surface area is 478 Å². The van der Waals surface area contributed by atoms with E-state index in [4.69, 9.17) is 9.72 Å². The minimum atomic E-state index is -2.22. The zero-order valence-electron chi connectivity index (χ0n) is 49.0. The molecule has 10 heteroatoms. The molecule has 0 spiro atoms. The molecule has 0 radical (unpaired) electrons. The molecule has 11 rings (SSSR count). The summed E-state index contributed by atoms with van der Waals surface area (Å²) in [5, 5.41) is 2.13. The molecule has 5 nitrogen and oxygen atoms in total. The second kappa shape index (κ2) is 20.6. The molecule has 0 unspecified atom stereocenters. The van der Waals surface area contributed by atoms with Gasteiger partial charge in [-0.2, -0.15) is 0 Å². The Bertz CT molecular complexity index is 4100. The van der Waals surface area contributed by atoms with Gasteiger partial charge in [-0.15, -0.1) is 0 Å². The van der Waals surface area contributed by atoms with Crippen LogP contribution in [0.4, 0.5) is 44.7 Å². The Hall–Kier alpha value is -8.24. The van der Waals surface area contributed by atoms with Crippen LogP contribution >= 0.6 is 0 Å². The highest BCUT2D eigenvalue weighted by Crippen LogP contribution is 2.54. The van der Waals surface area contributed by atoms with E-state index in [-0.39, 0.29) is 34.9 Å². The van der Waals surface area contributed by atoms with Crippen LogP contribution in [0.15, 0.2) is 158 Å². The summed E-state index contributed by atoms with van der Waals surface area (Å²) < 4.78 is 89.4. The van der Waals surface area contributed by atoms with Crippen LogP contribution in [0, 0.1) is 29.1 Å². The van der Waals surface area contributed by atoms with Crippen LogP contribution in [0.2, 0.25) is 0 Å². The van der Waals surface area contributed by atoms with Gasteiger partial charge >= 0.3 is 0 Å². The van der Waals surface area contributed by atoms with Crippen molar-refractivity contribution >= 4 is 44.6 Å². The van der Waals surface area contributed by atoms with Gasteiger partial charge in [0, 0.05) is 45.9 Å². The molecular formula is C72H69F5N4O. The predicted octanol–water partition coefficient (Wildman–Crippen LogP) is 21.1. The molecule has 0 aliphatic carbocycles. The highest BCUT2D eigenvalue weighted by molar-refractivity contribution is 6.09. The number of fused-ring (bicyclic) bond motifs is 4. The van der Waals surface area contributed by atoms with Crippen molar-refractivity contribution in [2.45, 2.75) is 118 Å². The number of rotatable bonds is 10. The van der Waals surface area contributed by atoms with E-state index in [1.54, 1.807) is 6.07 Å². The average Bonchev–Trinajstić information content (AvgIpc) is 4.03. The van der Waals surface area contributed by atoms with Crippen LogP contribution in [0.25, 0.3) is 61.0 Å². The zero-order chi connectivity index (χ0) is 58.5. The lowest BCUT2D eigenvalue weighted by Crippen LogP contribution is -2.26. The third-order valence-electron chi connectivity index (χ3n) is 16.1. The average molecular weight is 1100 g/mol. The molecule has 0 N–H and O–H groups in total. The summed E-state index contributed by atoms with van der Waals surface area (Å²) in [4.78, 5) is 8.98. The molecule has 0 fully saturated rings. The number of benzene rings is 8. The lowest BCUT2D eigenvalue weighted by molar-refractivity contribution is 0.381. The topological polar surface area (TPSA) is 33.5 Å². The van der Waals surface area contributed by atoms with Gasteiger partial charge in [-0.25, -0.2) is 26.9 Å². The van der Waals surface area contributed by atoms with E-state index in [0.29, 0.717) is 34.0 Å². The third-order valence-corrected chi connectivity index (χ3v) is 16.1. The molecule has 8 aromatic carbocycles. The van der Waals surface area contributed by atoms with E-state index < -0.39 is 40.1 Å². The Morgan fingerprint density at radius 1 is 0.463 bits per heavy atom. The first kappa shape index (κ1) is 55.7. The molecule has 0 saturated heterocycles. The highest BCUT2D eigenvalue weighted by Gasteiger charge is 2.37. The molecule has 2 aromatic heterocycles. The summed E-state index contributed by atoms with van der Waals surface area (Å²) in [7, 11) is 0. The number of para-hydroxylation sites is 3. The van der Waals surface area contributed by atoms with Crippen LogP contribution in [0.5, 0.6) is 11.5 Å². The Morgan fingerprint density at radius 2 is 1.04 bits per heavy atom. The molecule has 1 aliphatic rings. The van der Waals surface area contributed by atoms with Crippen LogP contribution < -0.4 is 14.5 Å². The fraction of sp³-hybridized carbons (Fsp3) is 0.264. The Balaban J connectivity index is 1.14. The molecule has 1 aliphatic heterocycles. The van der Waals surface area contributed by atoms with Gasteiger partial charge in [-0.05, 0) is 139 Å². The maximum Gasteiger partial charge on any atom is 0.200 e. The third kappa shape index (κ3) is 9.98. The summed E-state index contributed by atoms with van der Waals surface area (Å²) >= 11 is 0. The number of hydrogen-bond donors (Lipinski definition) is 0. The SMILES string of the molecule is CC(C)c1cc(-c2cc(C(C)(C)C)cc(-c3c(F)c(F)c(F)c(F)c3F)c2N2CN(c3cc(Oc4ccc5c6ccccc6n(-c6cc(C(C)(C)C)ccn6)c5c4)cc(-c4ccccc4C(C)(C)C)c3)c3ccccc32)cc(C(C)C)c1. The molecule has 10 aromatic rings. The van der Waals surface area contributed by atoms with Crippen LogP contribution in [0.1, 0.15) is 130 Å². The van der Waals surface area contributed by atoms with Crippen LogP contribution in [-0.4, -0.2) is 16.2 Å². The van der Waals surface area contributed by atoms with Crippen molar-refractivity contribution < 1.29 is 26.7 Å². The van der Waals surface area contributed by atoms with E-state index in [2.05, 4.69) is 158 Å². The second-order valence-corrected chi connectivity index (χ2v) is 25.6. The number of aromatic nitrogens is 2. The molecule has 418 valence electrons. The summed E-state index contributed by atoms with van der Waals surface area (Å²) in [5.41, 5.74) is 10.5. The maximum absolute atomic E-state index is 16.8. The molecule has 0 amide bonds. The van der Waals surface area contributed by atoms with Gasteiger partial charge in [-0.1, -0.05) is 163 Å². The van der Waals surface area contributed by atoms with Crippen molar-refractivity contribution in [3.63, 3.8) is 0 Å². The lowest BCUT2D eigenvalue weighted by Gasteiger charge is -2.31. The van der Waals surface area contributed by atoms with Crippen molar-refractivity contribution in [2.24, 2.45) is 0 Å². The molecule has 3 heterocycles. The zero-order valence-corrected chi connectivity index (χ0v) is 49.0. The van der Waals surface area contributed by atoms with Crippen molar-refractivity contribution in [3.8, 4) is 50.7 Å². The summed E-state index contributed by atoms with van der Waals surface area (Å²) in [6, 6.07) is 50.9. The Morgan fingerprint density at radius 3 is 1.68 bits per heavy atom. The van der Waals surface area contributed by atoms with Gasteiger partial charge in [0.1, 0.15) is 24.0 Å². The highest BCUT2D eigenvalue weighted by atomic mass is 19.2. The molecule has 0 saturated carbocycles. The first-order valence-electron chi connectivity index (χ1n) is 28.2. The van der Waals surface area contributed by atoms with E-state index in [0.717, 1.165) is 77.9 Å². The summed E-state index contributed by atoms with van der Waals surface area (Å²) in [6.45, 7) is 27.6. The van der Waals surface area contributed by atoms with Gasteiger partial charge in [0.05, 0.1) is 33.7 Å². The Kier molecular flexibility index (Phi) is 14.0. The second-order valence-electron chi connectivity index (χ2n) is 25.6. The van der Waals surface area contributed by atoms with Crippen molar-refractivity contribution in [2.75, 3.05) is 16.5 Å². The normalized spacial score (nSPS) is 13.1. The fourth-order valence-corrected chi connectivity index (χ4v) is 11.5. The molecule has 82 heavy (non-hydrogen) atoms. The van der Waals surface area contributed by atoms with E-state index in [9.17, 15) is 0 Å². The summed E-state index contributed by atoms with van der Waals surface area (Å²) in [6.07, 6.45) is 1.87. The number of anilines is 4. The fourth-order valence-electron chi connectivity index (χ4n) is 11.5. The monoisotopic (exact) mass is 1100 g/mol. The van der Waals surface area contributed by atoms with Crippen molar-refractivity contribution in [1.29, 1.82) is 0 Å². The van der Waals surface area contributed by atoms with Crippen molar-refractivity contribution in [1.82, 2.24) is 9.55 Å². The standard InChI is InChI=1S/C72H69F5N4O/c1-41(2)43-30-44(42(3)4)32-45(31-43)55-35-48(71(8,9)10)36-56(63-64(73)66(75)68(77)67(76)65(63)74)69(55)80-40-79(59-24-18-19-25-60(59)80)49-33-46(52-20-14-16-22-57(52)72(11,12)13)34-51(38-49)82-50-26-27-54-53-21-15-17-23-58(53)81(61(54)39-50)62-37-47(28-29-78-62)70(5,6)7/h14-39,41-42H,40H2,1-13H3. The van der Waals surface area contributed by atoms with Gasteiger partial charge in [0.15, 0.2) is 23.3 Å². The first-order valence-corrected chi connectivity index (χ1v) is 28.2. The smallest absolute Gasteiger partial charge is 0.200 e. The van der Waals surface area contributed by atoms with Gasteiger partial charge in [-0.3, -0.25) is 4.57 Å². The van der Waals surface area contributed by atoms with Crippen molar-refractivity contribution in [3.05, 3.63) is 215 Å². The van der Waals surface area contributed by atoms with Gasteiger partial charge < -0.3 is 14.5 Å². The molecule has 0 bridgehead atoms. The number of ether oxygens (including phenoxy) is 1. The van der Waals surface area contributed by atoms with E-state index in [1.165, 1.54) is 0 Å². The molecule has 0 atom stereocenters. The minimum Gasteiger partial charge on any atom is -0.457 e. The first-order chi connectivity index (χ1) is 38.8. The van der Waals surface area contributed by atoms with Gasteiger partial charge in [0.2, 0.25) is 5.82 Å². The largest absolute Gasteiger partial charge is 0.457 e. The minimum absolute atomic E-state index is 0.0705. The van der Waals surface area contributed by atoms with Crippen LogP contribution in [0.3, 0.4) is 0 Å². The number of halogens is 5. The van der Waals surface area contributed by atoms with E-state index >= 15 is 22.0 Å². The lowest BCUT2D eigenvalue weighted by atomic mass is 9.81. The number of pyridine rings is 1. The van der Waals surface area contributed by atoms with Gasteiger partial charge in [0.25, 0.3) is 0 Å². The quantitative estimate of drug-likeness (QED) is 0.0776. The maximum atomic E-state index is 16.8. The van der Waals surface area contributed by atoms with Crippen LogP contribution in [-0.2, 0) is 16.2 Å². The summed E-state index contributed by atoms with van der Waals surface area (Å²) in [5.74, 6) is -7.90. The number of hydrogen-bond acceptors (Lipinski definition) is 4.